The Balaban J connectivity index is 1.60. The molecule has 2 heterocycles. The molecular formula is C12H18N2O3. The van der Waals surface area contributed by atoms with Gasteiger partial charge in [0.2, 0.25) is 5.91 Å². The van der Waals surface area contributed by atoms with Gasteiger partial charge >= 0.3 is 0 Å². The van der Waals surface area contributed by atoms with Crippen LogP contribution >= 0.6 is 0 Å². The molecule has 0 bridgehead atoms. The summed E-state index contributed by atoms with van der Waals surface area (Å²) in [6, 6.07) is 3.94. The number of carbonyl (C=O) groups is 1. The van der Waals surface area contributed by atoms with Crippen LogP contribution in [0, 0.1) is 0 Å². The van der Waals surface area contributed by atoms with Crippen LogP contribution in [0.1, 0.15) is 12.2 Å². The Morgan fingerprint density at radius 3 is 3.24 bits per heavy atom. The summed E-state index contributed by atoms with van der Waals surface area (Å²) in [7, 11) is 0. The van der Waals surface area contributed by atoms with E-state index < -0.39 is 0 Å². The number of aryl methyl sites for hydroxylation is 1. The molecule has 17 heavy (non-hydrogen) atoms. The Labute approximate surface area is 101 Å². The molecule has 2 N–H and O–H groups in total. The van der Waals surface area contributed by atoms with E-state index in [0.717, 1.165) is 18.9 Å². The first-order valence-corrected chi connectivity index (χ1v) is 5.95. The highest BCUT2D eigenvalue weighted by atomic mass is 16.5. The molecule has 94 valence electrons. The number of furan rings is 1. The minimum absolute atomic E-state index is 0.0498. The van der Waals surface area contributed by atoms with Crippen LogP contribution in [0.25, 0.3) is 0 Å². The predicted octanol–water partition coefficient (Wildman–Crippen LogP) is 0.317. The molecule has 1 aliphatic heterocycles. The molecule has 5 heteroatoms. The normalized spacial score (nSPS) is 20.1. The summed E-state index contributed by atoms with van der Waals surface area (Å²) < 4.78 is 10.5. The quantitative estimate of drug-likeness (QED) is 0.775. The third kappa shape index (κ3) is 4.20. The molecule has 0 aromatic carbocycles. The van der Waals surface area contributed by atoms with Crippen LogP contribution in [0.4, 0.5) is 0 Å². The fourth-order valence-corrected chi connectivity index (χ4v) is 1.77. The zero-order valence-electron chi connectivity index (χ0n) is 9.78. The fraction of sp³-hybridized carbons (Fsp3) is 0.583. The van der Waals surface area contributed by atoms with E-state index in [4.69, 9.17) is 9.15 Å². The van der Waals surface area contributed by atoms with Crippen molar-refractivity contribution in [2.45, 2.75) is 18.9 Å². The number of rotatable bonds is 5. The number of hydrogen-bond donors (Lipinski definition) is 2. The van der Waals surface area contributed by atoms with Crippen molar-refractivity contribution in [2.75, 3.05) is 26.3 Å². The highest BCUT2D eigenvalue weighted by Gasteiger charge is 2.13. The van der Waals surface area contributed by atoms with Gasteiger partial charge in [-0.3, -0.25) is 4.79 Å². The van der Waals surface area contributed by atoms with Gasteiger partial charge in [-0.05, 0) is 12.1 Å². The lowest BCUT2D eigenvalue weighted by molar-refractivity contribution is -0.121. The average Bonchev–Trinajstić information content (AvgIpc) is 2.88. The van der Waals surface area contributed by atoms with Crippen molar-refractivity contribution in [3.8, 4) is 0 Å². The molecule has 0 aliphatic carbocycles. The molecule has 5 nitrogen and oxygen atoms in total. The second kappa shape index (κ2) is 6.42. The summed E-state index contributed by atoms with van der Waals surface area (Å²) in [6.45, 7) is 2.89. The first kappa shape index (κ1) is 12.1. The van der Waals surface area contributed by atoms with E-state index in [2.05, 4.69) is 10.6 Å². The van der Waals surface area contributed by atoms with Gasteiger partial charge in [-0.2, -0.15) is 0 Å². The summed E-state index contributed by atoms with van der Waals surface area (Å²) in [4.78, 5) is 11.6. The topological polar surface area (TPSA) is 63.5 Å². The maximum absolute atomic E-state index is 11.6. The standard InChI is InChI=1S/C12H18N2O3/c15-12(4-3-11-2-1-6-17-11)14-8-10-9-16-7-5-13-10/h1-2,6,10,13H,3-5,7-9H2,(H,14,15). The Bertz CT molecular complexity index is 332. The molecule has 0 radical (unpaired) electrons. The molecule has 1 aromatic rings. The van der Waals surface area contributed by atoms with Crippen LogP contribution < -0.4 is 10.6 Å². The summed E-state index contributed by atoms with van der Waals surface area (Å²) in [5, 5.41) is 6.18. The van der Waals surface area contributed by atoms with Crippen LogP contribution in [-0.4, -0.2) is 38.3 Å². The average molecular weight is 238 g/mol. The Morgan fingerprint density at radius 2 is 2.53 bits per heavy atom. The van der Waals surface area contributed by atoms with Crippen LogP contribution in [0.5, 0.6) is 0 Å². The number of ether oxygens (including phenoxy) is 1. The first-order valence-electron chi connectivity index (χ1n) is 5.95. The van der Waals surface area contributed by atoms with Crippen LogP contribution in [0.3, 0.4) is 0 Å². The van der Waals surface area contributed by atoms with Gasteiger partial charge in [-0.25, -0.2) is 0 Å². The Morgan fingerprint density at radius 1 is 1.59 bits per heavy atom. The van der Waals surface area contributed by atoms with Crippen LogP contribution in [0.2, 0.25) is 0 Å². The highest BCUT2D eigenvalue weighted by Crippen LogP contribution is 2.03. The van der Waals surface area contributed by atoms with Gasteiger partial charge in [-0.15, -0.1) is 0 Å². The molecule has 2 rings (SSSR count). The molecule has 1 saturated heterocycles. The maximum atomic E-state index is 11.6. The minimum atomic E-state index is 0.0498. The molecular weight excluding hydrogens is 220 g/mol. The van der Waals surface area contributed by atoms with Crippen molar-refractivity contribution in [2.24, 2.45) is 0 Å². The largest absolute Gasteiger partial charge is 0.469 e. The number of nitrogens with one attached hydrogen (secondary N) is 2. The van der Waals surface area contributed by atoms with Gasteiger partial charge in [-0.1, -0.05) is 0 Å². The lowest BCUT2D eigenvalue weighted by Gasteiger charge is -2.23. The smallest absolute Gasteiger partial charge is 0.220 e. The second-order valence-corrected chi connectivity index (χ2v) is 4.11. The molecule has 0 saturated carbocycles. The van der Waals surface area contributed by atoms with Crippen molar-refractivity contribution >= 4 is 5.91 Å². The van der Waals surface area contributed by atoms with E-state index in [1.54, 1.807) is 6.26 Å². The lowest BCUT2D eigenvalue weighted by Crippen LogP contribution is -2.48. The van der Waals surface area contributed by atoms with Crippen molar-refractivity contribution in [3.05, 3.63) is 24.2 Å². The van der Waals surface area contributed by atoms with Crippen LogP contribution in [0.15, 0.2) is 22.8 Å². The molecule has 1 fully saturated rings. The van der Waals surface area contributed by atoms with Crippen molar-refractivity contribution in [1.29, 1.82) is 0 Å². The maximum Gasteiger partial charge on any atom is 0.220 e. The molecule has 1 amide bonds. The van der Waals surface area contributed by atoms with E-state index in [1.807, 2.05) is 12.1 Å². The third-order valence-electron chi connectivity index (χ3n) is 2.72. The van der Waals surface area contributed by atoms with E-state index in [9.17, 15) is 4.79 Å². The van der Waals surface area contributed by atoms with Gasteiger partial charge in [0, 0.05) is 32.0 Å². The lowest BCUT2D eigenvalue weighted by atomic mass is 10.2. The highest BCUT2D eigenvalue weighted by molar-refractivity contribution is 5.76. The van der Waals surface area contributed by atoms with Gasteiger partial charge in [0.25, 0.3) is 0 Å². The van der Waals surface area contributed by atoms with Gasteiger partial charge in [0.05, 0.1) is 19.5 Å². The SMILES string of the molecule is O=C(CCc1ccco1)NCC1COCCN1. The molecule has 0 spiro atoms. The minimum Gasteiger partial charge on any atom is -0.469 e. The number of hydrogen-bond acceptors (Lipinski definition) is 4. The van der Waals surface area contributed by atoms with Gasteiger partial charge in [0.15, 0.2) is 0 Å². The van der Waals surface area contributed by atoms with Crippen LogP contribution in [-0.2, 0) is 16.0 Å². The zero-order chi connectivity index (χ0) is 11.9. The number of morpholine rings is 1. The van der Waals surface area contributed by atoms with Gasteiger partial charge in [0.1, 0.15) is 5.76 Å². The first-order chi connectivity index (χ1) is 8.34. The molecule has 1 aromatic heterocycles. The summed E-state index contributed by atoms with van der Waals surface area (Å²) >= 11 is 0. The van der Waals surface area contributed by atoms with Crippen molar-refractivity contribution in [3.63, 3.8) is 0 Å². The summed E-state index contributed by atoms with van der Waals surface area (Å²) in [5.74, 6) is 0.896. The Hall–Kier alpha value is -1.33. The van der Waals surface area contributed by atoms with E-state index in [1.165, 1.54) is 0 Å². The number of carbonyl (C=O) groups excluding carboxylic acids is 1. The van der Waals surface area contributed by atoms with E-state index >= 15 is 0 Å². The summed E-state index contributed by atoms with van der Waals surface area (Å²) in [6.07, 6.45) is 2.73. The van der Waals surface area contributed by atoms with E-state index in [-0.39, 0.29) is 11.9 Å². The van der Waals surface area contributed by atoms with Crippen molar-refractivity contribution < 1.29 is 13.9 Å². The van der Waals surface area contributed by atoms with E-state index in [0.29, 0.717) is 26.0 Å². The molecule has 1 unspecified atom stereocenters. The molecule has 1 aliphatic rings. The summed E-state index contributed by atoms with van der Waals surface area (Å²) in [5.41, 5.74) is 0. The Kier molecular flexibility index (Phi) is 4.58. The fourth-order valence-electron chi connectivity index (χ4n) is 1.77. The molecule has 1 atom stereocenters. The predicted molar refractivity (Wildman–Crippen MR) is 62.6 cm³/mol. The number of amides is 1. The second-order valence-electron chi connectivity index (χ2n) is 4.11. The van der Waals surface area contributed by atoms with Crippen molar-refractivity contribution in [1.82, 2.24) is 10.6 Å². The zero-order valence-corrected chi connectivity index (χ0v) is 9.78. The third-order valence-corrected chi connectivity index (χ3v) is 2.72. The van der Waals surface area contributed by atoms with Gasteiger partial charge < -0.3 is 19.8 Å². The monoisotopic (exact) mass is 238 g/mol.